The summed E-state index contributed by atoms with van der Waals surface area (Å²) in [6, 6.07) is 37.8. The fraction of sp³-hybridized carbons (Fsp3) is 0.294. The first-order valence-corrected chi connectivity index (χ1v) is 22.0. The number of aliphatic hydroxyl groups is 2. The molecule has 0 aliphatic carbocycles. The SMILES string of the molecule is Cc1ccc(-c2c(C)nn3c(-c4cccc(C)c4)cc(N4CCCC4CO)nc23)cc1.Cc1ccc(-c2c(C)nn3c(-c4cccc(Cl)c4)cc(N4CCCC4CO)nc23)cc1. The van der Waals surface area contributed by atoms with Gasteiger partial charge in [0, 0.05) is 52.5 Å². The van der Waals surface area contributed by atoms with Crippen molar-refractivity contribution in [1.29, 1.82) is 0 Å². The third-order valence-corrected chi connectivity index (χ3v) is 12.6. The van der Waals surface area contributed by atoms with Gasteiger partial charge >= 0.3 is 0 Å². The van der Waals surface area contributed by atoms with Gasteiger partial charge < -0.3 is 20.0 Å². The molecule has 0 bridgehead atoms. The second-order valence-electron chi connectivity index (χ2n) is 16.8. The zero-order valence-electron chi connectivity index (χ0n) is 36.1. The lowest BCUT2D eigenvalue weighted by molar-refractivity contribution is 0.266. The van der Waals surface area contributed by atoms with E-state index in [4.69, 9.17) is 31.8 Å². The molecule has 4 aromatic carbocycles. The molecule has 62 heavy (non-hydrogen) atoms. The van der Waals surface area contributed by atoms with Crippen molar-refractivity contribution in [2.45, 2.75) is 72.4 Å². The Bertz CT molecular complexity index is 2690. The molecule has 6 heterocycles. The summed E-state index contributed by atoms with van der Waals surface area (Å²) in [4.78, 5) is 14.6. The number of benzene rings is 4. The number of aliphatic hydroxyl groups excluding tert-OH is 2. The number of fused-ring (bicyclic) bond motifs is 2. The predicted molar refractivity (Wildman–Crippen MR) is 251 cm³/mol. The van der Waals surface area contributed by atoms with E-state index in [0.29, 0.717) is 5.02 Å². The van der Waals surface area contributed by atoms with Gasteiger partial charge in [0.1, 0.15) is 11.6 Å². The summed E-state index contributed by atoms with van der Waals surface area (Å²) in [6.45, 7) is 12.4. The highest BCUT2D eigenvalue weighted by atomic mass is 35.5. The highest BCUT2D eigenvalue weighted by molar-refractivity contribution is 6.30. The van der Waals surface area contributed by atoms with Gasteiger partial charge in [0.2, 0.25) is 0 Å². The molecule has 2 fully saturated rings. The Morgan fingerprint density at radius 1 is 0.532 bits per heavy atom. The first kappa shape index (κ1) is 41.3. The van der Waals surface area contributed by atoms with E-state index in [2.05, 4.69) is 122 Å². The number of aromatic nitrogens is 6. The molecule has 11 heteroatoms. The smallest absolute Gasteiger partial charge is 0.166 e. The molecule has 2 atom stereocenters. The maximum Gasteiger partial charge on any atom is 0.166 e. The molecule has 8 aromatic rings. The molecule has 0 radical (unpaired) electrons. The molecule has 316 valence electrons. The van der Waals surface area contributed by atoms with Crippen LogP contribution in [0.1, 0.15) is 53.8 Å². The summed E-state index contributed by atoms with van der Waals surface area (Å²) in [5.74, 6) is 1.78. The van der Waals surface area contributed by atoms with Gasteiger partial charge in [0.15, 0.2) is 11.3 Å². The Hall–Kier alpha value is -6.07. The molecule has 0 spiro atoms. The zero-order valence-corrected chi connectivity index (χ0v) is 36.8. The van der Waals surface area contributed by atoms with Gasteiger partial charge in [-0.3, -0.25) is 0 Å². The molecule has 10 rings (SSSR count). The minimum absolute atomic E-state index is 0.0917. The van der Waals surface area contributed by atoms with E-state index in [-0.39, 0.29) is 25.3 Å². The first-order valence-electron chi connectivity index (χ1n) is 21.6. The monoisotopic (exact) mass is 844 g/mol. The molecule has 10 nitrogen and oxygen atoms in total. The van der Waals surface area contributed by atoms with Crippen LogP contribution in [0.15, 0.2) is 109 Å². The van der Waals surface area contributed by atoms with Crippen molar-refractivity contribution in [2.75, 3.05) is 36.1 Å². The fourth-order valence-corrected chi connectivity index (χ4v) is 9.34. The largest absolute Gasteiger partial charge is 0.394 e. The minimum atomic E-state index is 0.0917. The molecule has 2 N–H and O–H groups in total. The molecule has 0 amide bonds. The van der Waals surface area contributed by atoms with Gasteiger partial charge in [-0.2, -0.15) is 10.2 Å². The summed E-state index contributed by atoms with van der Waals surface area (Å²) in [7, 11) is 0. The van der Waals surface area contributed by atoms with E-state index in [0.717, 1.165) is 118 Å². The normalized spacial score (nSPS) is 16.4. The molecule has 4 aromatic heterocycles. The zero-order chi connectivity index (χ0) is 43.1. The number of nitrogens with zero attached hydrogens (tertiary/aromatic N) is 8. The number of hydrogen-bond donors (Lipinski definition) is 2. The van der Waals surface area contributed by atoms with Crippen molar-refractivity contribution in [3.8, 4) is 44.8 Å². The Kier molecular flexibility index (Phi) is 11.6. The lowest BCUT2D eigenvalue weighted by Crippen LogP contribution is -2.32. The van der Waals surface area contributed by atoms with Crippen LogP contribution in [0.5, 0.6) is 0 Å². The Morgan fingerprint density at radius 2 is 0.984 bits per heavy atom. The van der Waals surface area contributed by atoms with E-state index in [9.17, 15) is 10.2 Å². The summed E-state index contributed by atoms with van der Waals surface area (Å²) in [5.41, 5.74) is 15.6. The van der Waals surface area contributed by atoms with Gasteiger partial charge in [0.05, 0.1) is 48.1 Å². The van der Waals surface area contributed by atoms with Gasteiger partial charge in [-0.1, -0.05) is 107 Å². The molecule has 2 aliphatic rings. The lowest BCUT2D eigenvalue weighted by Gasteiger charge is -2.25. The summed E-state index contributed by atoms with van der Waals surface area (Å²) < 4.78 is 3.90. The second-order valence-corrected chi connectivity index (χ2v) is 17.3. The first-order chi connectivity index (χ1) is 30.1. The van der Waals surface area contributed by atoms with Crippen molar-refractivity contribution in [3.63, 3.8) is 0 Å². The van der Waals surface area contributed by atoms with E-state index in [1.807, 2.05) is 40.2 Å². The van der Waals surface area contributed by atoms with Crippen LogP contribution in [-0.4, -0.2) is 77.8 Å². The van der Waals surface area contributed by atoms with E-state index in [1.165, 1.54) is 16.7 Å². The Labute approximate surface area is 368 Å². The van der Waals surface area contributed by atoms with Gasteiger partial charge in [0.25, 0.3) is 0 Å². The van der Waals surface area contributed by atoms with E-state index < -0.39 is 0 Å². The van der Waals surface area contributed by atoms with Crippen molar-refractivity contribution < 1.29 is 10.2 Å². The molecule has 2 aliphatic heterocycles. The van der Waals surface area contributed by atoms with Crippen LogP contribution in [0, 0.1) is 34.6 Å². The fourth-order valence-electron chi connectivity index (χ4n) is 9.15. The number of rotatable bonds is 8. The minimum Gasteiger partial charge on any atom is -0.394 e. The van der Waals surface area contributed by atoms with Crippen molar-refractivity contribution in [1.82, 2.24) is 29.2 Å². The second kappa shape index (κ2) is 17.4. The number of anilines is 2. The van der Waals surface area contributed by atoms with Crippen LogP contribution in [0.25, 0.3) is 56.1 Å². The Balaban J connectivity index is 0.000000158. The highest BCUT2D eigenvalue weighted by Crippen LogP contribution is 2.37. The molecule has 2 saturated heterocycles. The maximum atomic E-state index is 9.91. The summed E-state index contributed by atoms with van der Waals surface area (Å²) in [5, 5.41) is 30.3. The third kappa shape index (κ3) is 7.94. The average Bonchev–Trinajstić information content (AvgIpc) is 4.09. The van der Waals surface area contributed by atoms with Crippen LogP contribution in [0.2, 0.25) is 5.02 Å². The number of aryl methyl sites for hydroxylation is 5. The molecular weight excluding hydrogens is 792 g/mol. The van der Waals surface area contributed by atoms with Gasteiger partial charge in [-0.05, 0) is 89.6 Å². The summed E-state index contributed by atoms with van der Waals surface area (Å²) >= 11 is 6.32. The molecule has 0 saturated carbocycles. The lowest BCUT2D eigenvalue weighted by atomic mass is 10.0. The topological polar surface area (TPSA) is 107 Å². The average molecular weight is 845 g/mol. The van der Waals surface area contributed by atoms with Crippen molar-refractivity contribution in [2.24, 2.45) is 0 Å². The van der Waals surface area contributed by atoms with Crippen LogP contribution >= 0.6 is 11.6 Å². The number of halogens is 1. The van der Waals surface area contributed by atoms with Crippen LogP contribution in [-0.2, 0) is 0 Å². The van der Waals surface area contributed by atoms with Crippen molar-refractivity contribution in [3.05, 3.63) is 142 Å². The quantitative estimate of drug-likeness (QED) is 0.156. The van der Waals surface area contributed by atoms with E-state index >= 15 is 0 Å². The third-order valence-electron chi connectivity index (χ3n) is 12.4. The van der Waals surface area contributed by atoms with Crippen LogP contribution in [0.4, 0.5) is 11.6 Å². The molecular formula is C51H53ClN8O2. The van der Waals surface area contributed by atoms with Gasteiger partial charge in [-0.15, -0.1) is 0 Å². The van der Waals surface area contributed by atoms with Gasteiger partial charge in [-0.25, -0.2) is 19.0 Å². The summed E-state index contributed by atoms with van der Waals surface area (Å²) in [6.07, 6.45) is 4.08. The standard InChI is InChI=1S/C26H28N4O.C25H25ClN4O/c1-17-9-11-20(12-10-17)25-19(3)28-30-23(21-7-4-6-18(2)14-21)15-24(27-26(25)30)29-13-5-8-22(29)16-31;1-16-8-10-18(11-9-16)24-17(2)28-30-22(19-5-3-6-20(26)13-19)14-23(27-25(24)30)29-12-4-7-21(29)15-31/h4,6-7,9-12,14-15,22,31H,5,8,13,16H2,1-3H3;3,5-6,8-11,13-14,21,31H,4,7,12,15H2,1-2H3. The Morgan fingerprint density at radius 3 is 1.42 bits per heavy atom. The highest BCUT2D eigenvalue weighted by Gasteiger charge is 2.29. The predicted octanol–water partition coefficient (Wildman–Crippen LogP) is 10.2. The van der Waals surface area contributed by atoms with Crippen LogP contribution in [0.3, 0.4) is 0 Å². The van der Waals surface area contributed by atoms with E-state index in [1.54, 1.807) is 0 Å². The maximum absolute atomic E-state index is 9.91. The van der Waals surface area contributed by atoms with Crippen LogP contribution < -0.4 is 9.80 Å². The van der Waals surface area contributed by atoms with Crippen molar-refractivity contribution >= 4 is 34.5 Å². The molecule has 2 unspecified atom stereocenters. The number of hydrogen-bond acceptors (Lipinski definition) is 8.